The molecular formula is C19H25ClN2O2. The third-order valence-corrected chi connectivity index (χ3v) is 3.68. The van der Waals surface area contributed by atoms with E-state index in [0.717, 1.165) is 22.4 Å². The third kappa shape index (κ3) is 5.55. The molecule has 1 amide bonds. The molecule has 24 heavy (non-hydrogen) atoms. The highest BCUT2D eigenvalue weighted by atomic mass is 35.5. The Kier molecular flexibility index (Phi) is 8.30. The van der Waals surface area contributed by atoms with E-state index in [1.165, 1.54) is 0 Å². The lowest BCUT2D eigenvalue weighted by molar-refractivity contribution is -0.121. The molecule has 5 heteroatoms. The summed E-state index contributed by atoms with van der Waals surface area (Å²) in [5, 5.41) is 5.88. The lowest BCUT2D eigenvalue weighted by Crippen LogP contribution is -2.37. The average Bonchev–Trinajstić information content (AvgIpc) is 2.54. The number of halogens is 1. The van der Waals surface area contributed by atoms with Crippen molar-refractivity contribution in [1.29, 1.82) is 0 Å². The maximum absolute atomic E-state index is 11.9. The number of rotatable bonds is 7. The second-order valence-electron chi connectivity index (χ2n) is 5.59. The number of carbonyl (C=O) groups is 1. The van der Waals surface area contributed by atoms with Gasteiger partial charge in [-0.05, 0) is 37.6 Å². The van der Waals surface area contributed by atoms with E-state index in [0.29, 0.717) is 6.61 Å². The molecule has 0 spiro atoms. The smallest absolute Gasteiger partial charge is 0.234 e. The fourth-order valence-corrected chi connectivity index (χ4v) is 2.51. The minimum atomic E-state index is -0.184. The summed E-state index contributed by atoms with van der Waals surface area (Å²) in [6.07, 6.45) is 0. The zero-order valence-electron chi connectivity index (χ0n) is 14.3. The molecule has 0 bridgehead atoms. The summed E-state index contributed by atoms with van der Waals surface area (Å²) in [5.41, 5.74) is 3.22. The quantitative estimate of drug-likeness (QED) is 0.808. The Labute approximate surface area is 150 Å². The van der Waals surface area contributed by atoms with Gasteiger partial charge in [-0.2, -0.15) is 0 Å². The number of para-hydroxylation sites is 1. The lowest BCUT2D eigenvalue weighted by atomic mass is 10.1. The Morgan fingerprint density at radius 3 is 2.25 bits per heavy atom. The number of amides is 1. The van der Waals surface area contributed by atoms with Gasteiger partial charge in [0, 0.05) is 0 Å². The molecule has 0 saturated heterocycles. The first kappa shape index (κ1) is 20.0. The van der Waals surface area contributed by atoms with E-state index in [4.69, 9.17) is 4.74 Å². The van der Waals surface area contributed by atoms with Crippen LogP contribution in [0.2, 0.25) is 0 Å². The Morgan fingerprint density at radius 1 is 1.04 bits per heavy atom. The van der Waals surface area contributed by atoms with Crippen LogP contribution in [0.5, 0.6) is 5.75 Å². The number of carbonyl (C=O) groups excluding carboxylic acids is 1. The molecule has 0 radical (unpaired) electrons. The summed E-state index contributed by atoms with van der Waals surface area (Å²) in [6.45, 7) is 4.73. The van der Waals surface area contributed by atoms with E-state index >= 15 is 0 Å². The number of likely N-dealkylation sites (N-methyl/N-ethyl adjacent to an activating group) is 1. The topological polar surface area (TPSA) is 50.4 Å². The molecule has 2 aromatic carbocycles. The molecule has 0 aliphatic carbocycles. The highest BCUT2D eigenvalue weighted by Gasteiger charge is 2.16. The van der Waals surface area contributed by atoms with Crippen LogP contribution < -0.4 is 15.4 Å². The molecule has 2 rings (SSSR count). The molecule has 1 atom stereocenters. The third-order valence-electron chi connectivity index (χ3n) is 3.68. The van der Waals surface area contributed by atoms with Gasteiger partial charge in [-0.25, -0.2) is 0 Å². The van der Waals surface area contributed by atoms with Crippen molar-refractivity contribution >= 4 is 18.3 Å². The van der Waals surface area contributed by atoms with E-state index in [2.05, 4.69) is 10.6 Å². The first-order valence-electron chi connectivity index (χ1n) is 7.79. The normalized spacial score (nSPS) is 11.3. The van der Waals surface area contributed by atoms with Gasteiger partial charge in [0.15, 0.2) is 0 Å². The van der Waals surface area contributed by atoms with Crippen LogP contribution >= 0.6 is 12.4 Å². The molecule has 0 heterocycles. The number of hydrogen-bond acceptors (Lipinski definition) is 3. The van der Waals surface area contributed by atoms with Gasteiger partial charge in [0.2, 0.25) is 5.91 Å². The van der Waals surface area contributed by atoms with E-state index in [1.54, 1.807) is 7.05 Å². The summed E-state index contributed by atoms with van der Waals surface area (Å²) in [5.74, 6) is 0.836. The standard InChI is InChI=1S/C19H24N2O2.ClH/c1-14-8-7-9-15(2)19(14)23-13-17(21-18(22)12-20-3)16-10-5-4-6-11-16;/h4-11,17,20H,12-13H2,1-3H3,(H,21,22);1H. The maximum atomic E-state index is 11.9. The first-order valence-corrected chi connectivity index (χ1v) is 7.79. The molecule has 0 aromatic heterocycles. The van der Waals surface area contributed by atoms with Crippen LogP contribution in [-0.4, -0.2) is 26.1 Å². The Morgan fingerprint density at radius 2 is 1.67 bits per heavy atom. The highest BCUT2D eigenvalue weighted by molar-refractivity contribution is 5.85. The monoisotopic (exact) mass is 348 g/mol. The number of hydrogen-bond donors (Lipinski definition) is 2. The van der Waals surface area contributed by atoms with E-state index in [9.17, 15) is 4.79 Å². The summed E-state index contributed by atoms with van der Waals surface area (Å²) >= 11 is 0. The summed E-state index contributed by atoms with van der Waals surface area (Å²) in [7, 11) is 1.75. The highest BCUT2D eigenvalue weighted by Crippen LogP contribution is 2.24. The van der Waals surface area contributed by atoms with Gasteiger partial charge in [0.25, 0.3) is 0 Å². The largest absolute Gasteiger partial charge is 0.491 e. The van der Waals surface area contributed by atoms with Crippen molar-refractivity contribution in [2.75, 3.05) is 20.2 Å². The number of benzene rings is 2. The molecule has 130 valence electrons. The molecule has 0 aliphatic heterocycles. The zero-order chi connectivity index (χ0) is 16.7. The first-order chi connectivity index (χ1) is 11.1. The molecule has 0 aliphatic rings. The van der Waals surface area contributed by atoms with E-state index < -0.39 is 0 Å². The van der Waals surface area contributed by atoms with Crippen LogP contribution in [0.3, 0.4) is 0 Å². The van der Waals surface area contributed by atoms with Gasteiger partial charge in [-0.15, -0.1) is 12.4 Å². The van der Waals surface area contributed by atoms with Crippen LogP contribution in [0.1, 0.15) is 22.7 Å². The molecule has 2 N–H and O–H groups in total. The van der Waals surface area contributed by atoms with Crippen LogP contribution in [0.4, 0.5) is 0 Å². The van der Waals surface area contributed by atoms with Gasteiger partial charge in [-0.3, -0.25) is 4.79 Å². The van der Waals surface area contributed by atoms with Crippen molar-refractivity contribution in [3.05, 3.63) is 65.2 Å². The number of aryl methyl sites for hydroxylation is 2. The predicted octanol–water partition coefficient (Wildman–Crippen LogP) is 3.18. The fourth-order valence-electron chi connectivity index (χ4n) is 2.51. The Balaban J connectivity index is 0.00000288. The summed E-state index contributed by atoms with van der Waals surface area (Å²) < 4.78 is 6.03. The predicted molar refractivity (Wildman–Crippen MR) is 99.9 cm³/mol. The molecule has 4 nitrogen and oxygen atoms in total. The van der Waals surface area contributed by atoms with Gasteiger partial charge < -0.3 is 15.4 Å². The lowest BCUT2D eigenvalue weighted by Gasteiger charge is -2.21. The Bertz CT molecular complexity index is 627. The van der Waals surface area contributed by atoms with Crippen molar-refractivity contribution in [2.24, 2.45) is 0 Å². The van der Waals surface area contributed by atoms with Crippen molar-refractivity contribution in [3.8, 4) is 5.75 Å². The van der Waals surface area contributed by atoms with Gasteiger partial charge in [0.05, 0.1) is 12.6 Å². The van der Waals surface area contributed by atoms with Crippen molar-refractivity contribution in [3.63, 3.8) is 0 Å². The summed E-state index contributed by atoms with van der Waals surface area (Å²) in [4.78, 5) is 11.9. The minimum absolute atomic E-state index is 0. The SMILES string of the molecule is CNCC(=O)NC(COc1c(C)cccc1C)c1ccccc1.Cl. The van der Waals surface area contributed by atoms with Crippen molar-refractivity contribution < 1.29 is 9.53 Å². The molecule has 0 fully saturated rings. The maximum Gasteiger partial charge on any atom is 0.234 e. The fraction of sp³-hybridized carbons (Fsp3) is 0.316. The van der Waals surface area contributed by atoms with Crippen LogP contribution in [0.15, 0.2) is 48.5 Å². The second-order valence-corrected chi connectivity index (χ2v) is 5.59. The van der Waals surface area contributed by atoms with Crippen molar-refractivity contribution in [2.45, 2.75) is 19.9 Å². The van der Waals surface area contributed by atoms with Gasteiger partial charge in [-0.1, -0.05) is 48.5 Å². The van der Waals surface area contributed by atoms with Gasteiger partial charge >= 0.3 is 0 Å². The summed E-state index contributed by atoms with van der Waals surface area (Å²) in [6, 6.07) is 15.8. The molecule has 2 aromatic rings. The average molecular weight is 349 g/mol. The molecule has 1 unspecified atom stereocenters. The van der Waals surface area contributed by atoms with Crippen molar-refractivity contribution in [1.82, 2.24) is 10.6 Å². The van der Waals surface area contributed by atoms with Crippen LogP contribution in [0, 0.1) is 13.8 Å². The van der Waals surface area contributed by atoms with Crippen LogP contribution in [-0.2, 0) is 4.79 Å². The van der Waals surface area contributed by atoms with Crippen LogP contribution in [0.25, 0.3) is 0 Å². The van der Waals surface area contributed by atoms with Gasteiger partial charge in [0.1, 0.15) is 12.4 Å². The number of ether oxygens (including phenoxy) is 1. The Hall–Kier alpha value is -2.04. The molecule has 0 saturated carbocycles. The minimum Gasteiger partial charge on any atom is -0.491 e. The zero-order valence-corrected chi connectivity index (χ0v) is 15.2. The number of nitrogens with one attached hydrogen (secondary N) is 2. The second kappa shape index (κ2) is 9.96. The van der Waals surface area contributed by atoms with E-state index in [-0.39, 0.29) is 30.9 Å². The molecular weight excluding hydrogens is 324 g/mol. The van der Waals surface area contributed by atoms with E-state index in [1.807, 2.05) is 62.4 Å².